The van der Waals surface area contributed by atoms with Gasteiger partial charge in [0.2, 0.25) is 5.91 Å². The summed E-state index contributed by atoms with van der Waals surface area (Å²) in [6, 6.07) is 7.16. The Balaban J connectivity index is 1.02. The third kappa shape index (κ3) is 5.60. The molecule has 5 aliphatic carbocycles. The maximum atomic E-state index is 13.1. The fraction of sp³-hybridized carbons (Fsp3) is 0.738. The molecule has 5 fully saturated rings. The molecule has 49 heavy (non-hydrogen) atoms. The Hall–Kier alpha value is -2.67. The number of aromatic carboxylic acids is 1. The lowest BCUT2D eigenvalue weighted by Gasteiger charge is -2.68. The van der Waals surface area contributed by atoms with Gasteiger partial charge in [-0.3, -0.25) is 4.79 Å². The van der Waals surface area contributed by atoms with Gasteiger partial charge >= 0.3 is 11.9 Å². The molecular formula is C42H60N2O5. The summed E-state index contributed by atoms with van der Waals surface area (Å²) in [5.41, 5.74) is 3.97. The van der Waals surface area contributed by atoms with E-state index in [9.17, 15) is 19.5 Å². The Labute approximate surface area is 294 Å². The van der Waals surface area contributed by atoms with Crippen molar-refractivity contribution in [1.82, 2.24) is 10.2 Å². The van der Waals surface area contributed by atoms with E-state index in [2.05, 4.69) is 39.1 Å². The van der Waals surface area contributed by atoms with Gasteiger partial charge in [-0.1, -0.05) is 52.3 Å². The number of allylic oxidation sites excluding steroid dienone is 2. The number of rotatable bonds is 8. The van der Waals surface area contributed by atoms with Gasteiger partial charge in [0.25, 0.3) is 0 Å². The molecule has 1 aliphatic heterocycles. The van der Waals surface area contributed by atoms with E-state index in [0.29, 0.717) is 48.2 Å². The Kier molecular flexibility index (Phi) is 9.10. The van der Waals surface area contributed by atoms with Crippen molar-refractivity contribution in [1.29, 1.82) is 0 Å². The molecular weight excluding hydrogens is 612 g/mol. The van der Waals surface area contributed by atoms with Gasteiger partial charge in [0, 0.05) is 26.1 Å². The van der Waals surface area contributed by atoms with E-state index in [1.165, 1.54) is 76.0 Å². The van der Waals surface area contributed by atoms with Crippen molar-refractivity contribution in [3.8, 4) is 0 Å². The minimum absolute atomic E-state index is 0.0329. The van der Waals surface area contributed by atoms with E-state index in [1.54, 1.807) is 17.0 Å². The monoisotopic (exact) mass is 672 g/mol. The predicted molar refractivity (Wildman–Crippen MR) is 192 cm³/mol. The Bertz CT molecular complexity index is 1480. The lowest BCUT2D eigenvalue weighted by Crippen LogP contribution is -2.61. The highest BCUT2D eigenvalue weighted by molar-refractivity contribution is 5.88. The molecule has 1 aromatic rings. The van der Waals surface area contributed by atoms with Gasteiger partial charge < -0.3 is 20.1 Å². The van der Waals surface area contributed by atoms with Crippen molar-refractivity contribution in [2.45, 2.75) is 117 Å². The molecule has 1 aromatic carbocycles. The molecule has 9 atom stereocenters. The zero-order valence-electron chi connectivity index (χ0n) is 30.7. The average molecular weight is 673 g/mol. The van der Waals surface area contributed by atoms with Crippen LogP contribution < -0.4 is 5.32 Å². The molecule has 4 unspecified atom stereocenters. The fourth-order valence-corrected chi connectivity index (χ4v) is 13.7. The molecule has 7 rings (SSSR count). The minimum atomic E-state index is -0.868. The largest absolute Gasteiger partial charge is 0.478 e. The van der Waals surface area contributed by atoms with Crippen LogP contribution in [-0.4, -0.2) is 60.6 Å². The van der Waals surface area contributed by atoms with Gasteiger partial charge in [0.05, 0.1) is 12.7 Å². The number of benzene rings is 1. The number of hydrogen-bond donors (Lipinski definition) is 2. The molecule has 0 spiro atoms. The third-order valence-corrected chi connectivity index (χ3v) is 15.8. The molecule has 6 aliphatic rings. The summed E-state index contributed by atoms with van der Waals surface area (Å²) in [5.74, 6) is 2.64. The van der Waals surface area contributed by atoms with E-state index >= 15 is 0 Å². The first-order chi connectivity index (χ1) is 23.4. The molecule has 1 amide bonds. The fourth-order valence-electron chi connectivity index (χ4n) is 13.7. The number of likely N-dealkylation sites (tertiary alicyclic amines) is 1. The molecule has 1 saturated heterocycles. The predicted octanol–water partition coefficient (Wildman–Crippen LogP) is 7.99. The first kappa shape index (κ1) is 34.8. The van der Waals surface area contributed by atoms with E-state index in [0.717, 1.165) is 43.1 Å². The summed E-state index contributed by atoms with van der Waals surface area (Å²) in [5, 5.41) is 13.2. The van der Waals surface area contributed by atoms with Gasteiger partial charge in [0.1, 0.15) is 6.04 Å². The Morgan fingerprint density at radius 2 is 1.65 bits per heavy atom. The smallest absolute Gasteiger partial charge is 0.335 e. The van der Waals surface area contributed by atoms with E-state index in [1.807, 2.05) is 12.1 Å². The van der Waals surface area contributed by atoms with Crippen LogP contribution in [0.5, 0.6) is 0 Å². The van der Waals surface area contributed by atoms with Crippen LogP contribution in [0.3, 0.4) is 0 Å². The number of nitrogens with zero attached hydrogens (tertiary/aromatic N) is 1. The number of esters is 1. The van der Waals surface area contributed by atoms with Crippen molar-refractivity contribution in [2.24, 2.45) is 51.2 Å². The SMILES string of the molecule is COC(=O)[C@@H]1CCCN1C(=O)CCNC[C@]12CCCC1[C@H]1CCC3[C@@](C)(CCC4C(C)(C)C(c5ccc(C(=O)O)cc5)=CC[C@@]43C)C1CC2. The van der Waals surface area contributed by atoms with Crippen LogP contribution in [0.1, 0.15) is 127 Å². The maximum absolute atomic E-state index is 13.1. The summed E-state index contributed by atoms with van der Waals surface area (Å²) in [6.07, 6.45) is 17.6. The number of carboxylic acid groups (broad SMARTS) is 1. The van der Waals surface area contributed by atoms with Crippen molar-refractivity contribution in [2.75, 3.05) is 26.7 Å². The Morgan fingerprint density at radius 3 is 2.39 bits per heavy atom. The van der Waals surface area contributed by atoms with Crippen LogP contribution in [0.2, 0.25) is 0 Å². The van der Waals surface area contributed by atoms with Crippen molar-refractivity contribution < 1.29 is 24.2 Å². The van der Waals surface area contributed by atoms with Gasteiger partial charge in [-0.25, -0.2) is 9.59 Å². The van der Waals surface area contributed by atoms with E-state index in [-0.39, 0.29) is 22.7 Å². The summed E-state index contributed by atoms with van der Waals surface area (Å²) >= 11 is 0. The summed E-state index contributed by atoms with van der Waals surface area (Å²) < 4.78 is 4.95. The second-order valence-electron chi connectivity index (χ2n) is 18.0. The highest BCUT2D eigenvalue weighted by Crippen LogP contribution is 2.73. The number of amides is 1. The molecule has 1 heterocycles. The number of methoxy groups -OCH3 is 1. The van der Waals surface area contributed by atoms with Crippen LogP contribution in [0.4, 0.5) is 0 Å². The average Bonchev–Trinajstić information content (AvgIpc) is 3.74. The molecule has 0 aromatic heterocycles. The summed E-state index contributed by atoms with van der Waals surface area (Å²) in [4.78, 5) is 38.5. The molecule has 0 bridgehead atoms. The van der Waals surface area contributed by atoms with Gasteiger partial charge in [-0.15, -0.1) is 0 Å². The number of ether oxygens (including phenoxy) is 1. The van der Waals surface area contributed by atoms with Gasteiger partial charge in [-0.05, 0) is 145 Å². The third-order valence-electron chi connectivity index (χ3n) is 15.8. The number of carbonyl (C=O) groups is 3. The Morgan fingerprint density at radius 1 is 0.878 bits per heavy atom. The second-order valence-corrected chi connectivity index (χ2v) is 18.0. The maximum Gasteiger partial charge on any atom is 0.335 e. The number of nitrogens with one attached hydrogen (secondary N) is 1. The molecule has 4 saturated carbocycles. The summed E-state index contributed by atoms with van der Waals surface area (Å²) in [7, 11) is 1.41. The van der Waals surface area contributed by atoms with Crippen LogP contribution in [0.15, 0.2) is 30.3 Å². The van der Waals surface area contributed by atoms with Gasteiger partial charge in [-0.2, -0.15) is 0 Å². The molecule has 7 nitrogen and oxygen atoms in total. The molecule has 2 N–H and O–H groups in total. The van der Waals surface area contributed by atoms with Crippen molar-refractivity contribution in [3.63, 3.8) is 0 Å². The van der Waals surface area contributed by atoms with Gasteiger partial charge in [0.15, 0.2) is 0 Å². The van der Waals surface area contributed by atoms with Crippen molar-refractivity contribution in [3.05, 3.63) is 41.5 Å². The highest BCUT2D eigenvalue weighted by atomic mass is 16.5. The summed E-state index contributed by atoms with van der Waals surface area (Å²) in [6.45, 7) is 12.6. The lowest BCUT2D eigenvalue weighted by atomic mass is 9.36. The normalized spacial score (nSPS) is 39.2. The van der Waals surface area contributed by atoms with Crippen LogP contribution in [0, 0.1) is 51.2 Å². The number of hydrogen-bond acceptors (Lipinski definition) is 5. The molecule has 0 radical (unpaired) electrons. The highest BCUT2D eigenvalue weighted by Gasteiger charge is 2.65. The topological polar surface area (TPSA) is 95.9 Å². The molecule has 7 heteroatoms. The van der Waals surface area contributed by atoms with Crippen molar-refractivity contribution >= 4 is 23.4 Å². The van der Waals surface area contributed by atoms with Crippen LogP contribution in [-0.2, 0) is 14.3 Å². The number of carboxylic acids is 1. The molecule has 268 valence electrons. The zero-order chi connectivity index (χ0) is 34.8. The zero-order valence-corrected chi connectivity index (χ0v) is 30.7. The van der Waals surface area contributed by atoms with Crippen LogP contribution >= 0.6 is 0 Å². The van der Waals surface area contributed by atoms with E-state index in [4.69, 9.17) is 4.74 Å². The van der Waals surface area contributed by atoms with Crippen LogP contribution in [0.25, 0.3) is 5.57 Å². The minimum Gasteiger partial charge on any atom is -0.478 e. The standard InChI is InChI=1S/C42H60N2O5/c1-39(2)30(27-10-12-28(13-11-27)37(46)47)16-21-41(4)34(39)18-22-40(3)31-17-23-42(20-6-8-32(42)29(31)14-15-35(40)41)26-43-24-19-36(45)44-25-7-9-33(44)38(48)49-5/h10-13,16,29,31-35,43H,6-9,14-15,17-26H2,1-5H3,(H,46,47)/t29-,31?,32?,33-,34?,35?,40-,41-,42+/m0/s1. The van der Waals surface area contributed by atoms with E-state index < -0.39 is 12.0 Å². The lowest BCUT2D eigenvalue weighted by molar-refractivity contribution is -0.177. The number of fused-ring (bicyclic) bond motifs is 7. The first-order valence-electron chi connectivity index (χ1n) is 19.5. The second kappa shape index (κ2) is 12.8. The quantitative estimate of drug-likeness (QED) is 0.215. The number of carbonyl (C=O) groups excluding carboxylic acids is 2. The first-order valence-corrected chi connectivity index (χ1v) is 19.5.